The zero-order valence-electron chi connectivity index (χ0n) is 17.0. The third kappa shape index (κ3) is 3.50. The van der Waals surface area contributed by atoms with Crippen molar-refractivity contribution in [2.75, 3.05) is 53.5 Å². The van der Waals surface area contributed by atoms with Gasteiger partial charge in [0.15, 0.2) is 0 Å². The second-order valence-electron chi connectivity index (χ2n) is 8.63. The van der Waals surface area contributed by atoms with Crippen molar-refractivity contribution in [3.63, 3.8) is 0 Å². The average Bonchev–Trinajstić information content (AvgIpc) is 3.02. The van der Waals surface area contributed by atoms with Gasteiger partial charge in [0.25, 0.3) is 0 Å². The lowest BCUT2D eigenvalue weighted by molar-refractivity contribution is -0.129. The number of morpholine rings is 1. The molecule has 0 radical (unpaired) electrons. The number of hydrogen-bond donors (Lipinski definition) is 0. The Morgan fingerprint density at radius 1 is 1.07 bits per heavy atom. The van der Waals surface area contributed by atoms with E-state index >= 15 is 0 Å². The molecular weight excluding hydrogens is 354 g/mol. The number of nitrogens with zero attached hydrogens (tertiary/aromatic N) is 3. The van der Waals surface area contributed by atoms with E-state index in [-0.39, 0.29) is 23.3 Å². The van der Waals surface area contributed by atoms with Gasteiger partial charge in [0, 0.05) is 46.7 Å². The predicted octanol–water partition coefficient (Wildman–Crippen LogP) is 2.44. The van der Waals surface area contributed by atoms with Gasteiger partial charge in [-0.15, -0.1) is 0 Å². The maximum Gasteiger partial charge on any atom is 0.320 e. The highest BCUT2D eigenvalue weighted by Crippen LogP contribution is 2.52. The summed E-state index contributed by atoms with van der Waals surface area (Å²) in [5, 5.41) is 0. The lowest BCUT2D eigenvalue weighted by Crippen LogP contribution is -2.52. The van der Waals surface area contributed by atoms with E-state index in [0.717, 1.165) is 32.4 Å². The molecule has 6 nitrogen and oxygen atoms in total. The molecule has 2 fully saturated rings. The van der Waals surface area contributed by atoms with E-state index in [9.17, 15) is 9.59 Å². The first kappa shape index (κ1) is 19.2. The van der Waals surface area contributed by atoms with E-state index in [2.05, 4.69) is 24.3 Å². The fourth-order valence-corrected chi connectivity index (χ4v) is 5.16. The van der Waals surface area contributed by atoms with Crippen LogP contribution in [0.15, 0.2) is 24.3 Å². The van der Waals surface area contributed by atoms with Crippen molar-refractivity contribution >= 4 is 11.9 Å². The second kappa shape index (κ2) is 7.74. The van der Waals surface area contributed by atoms with Gasteiger partial charge in [-0.25, -0.2) is 4.79 Å². The SMILES string of the molecule is CN(C)C(=O)CC1CC2(CCN(C(=O)N3CCOCC3)CC2)c2ccccc21. The van der Waals surface area contributed by atoms with E-state index in [0.29, 0.717) is 32.7 Å². The van der Waals surface area contributed by atoms with Gasteiger partial charge < -0.3 is 19.4 Å². The molecule has 6 heteroatoms. The van der Waals surface area contributed by atoms with Crippen LogP contribution in [0.4, 0.5) is 4.79 Å². The maximum atomic E-state index is 12.8. The van der Waals surface area contributed by atoms with Gasteiger partial charge >= 0.3 is 6.03 Å². The number of hydrogen-bond acceptors (Lipinski definition) is 3. The van der Waals surface area contributed by atoms with Gasteiger partial charge in [-0.1, -0.05) is 24.3 Å². The second-order valence-corrected chi connectivity index (χ2v) is 8.63. The van der Waals surface area contributed by atoms with E-state index < -0.39 is 0 Å². The molecule has 1 aliphatic carbocycles. The lowest BCUT2D eigenvalue weighted by atomic mass is 9.73. The molecule has 3 aliphatic rings. The fraction of sp³-hybridized carbons (Fsp3) is 0.636. The summed E-state index contributed by atoms with van der Waals surface area (Å²) in [6, 6.07) is 8.80. The molecule has 3 amide bonds. The minimum Gasteiger partial charge on any atom is -0.378 e. The summed E-state index contributed by atoms with van der Waals surface area (Å²) in [6.45, 7) is 4.24. The Morgan fingerprint density at radius 2 is 1.71 bits per heavy atom. The molecule has 28 heavy (non-hydrogen) atoms. The van der Waals surface area contributed by atoms with Crippen LogP contribution in [0, 0.1) is 0 Å². The molecule has 2 aliphatic heterocycles. The number of carbonyl (C=O) groups excluding carboxylic acids is 2. The molecule has 0 bridgehead atoms. The van der Waals surface area contributed by atoms with Crippen LogP contribution in [-0.2, 0) is 14.9 Å². The average molecular weight is 386 g/mol. The fourth-order valence-electron chi connectivity index (χ4n) is 5.16. The molecule has 152 valence electrons. The Labute approximate surface area is 167 Å². The van der Waals surface area contributed by atoms with Crippen molar-refractivity contribution in [3.05, 3.63) is 35.4 Å². The summed E-state index contributed by atoms with van der Waals surface area (Å²) in [5.41, 5.74) is 2.85. The van der Waals surface area contributed by atoms with E-state index in [1.807, 2.05) is 23.9 Å². The van der Waals surface area contributed by atoms with Crippen LogP contribution in [0.1, 0.15) is 42.7 Å². The highest BCUT2D eigenvalue weighted by Gasteiger charge is 2.46. The zero-order chi connectivity index (χ0) is 19.7. The molecule has 4 rings (SSSR count). The normalized spacial score (nSPS) is 23.6. The number of ether oxygens (including phenoxy) is 1. The topological polar surface area (TPSA) is 53.1 Å². The molecule has 0 saturated carbocycles. The Kier molecular flexibility index (Phi) is 5.32. The van der Waals surface area contributed by atoms with E-state index in [4.69, 9.17) is 4.74 Å². The summed E-state index contributed by atoms with van der Waals surface area (Å²) in [7, 11) is 3.66. The molecule has 1 unspecified atom stereocenters. The largest absolute Gasteiger partial charge is 0.378 e. The van der Waals surface area contributed by atoms with Gasteiger partial charge in [-0.3, -0.25) is 4.79 Å². The van der Waals surface area contributed by atoms with Gasteiger partial charge in [-0.05, 0) is 41.7 Å². The van der Waals surface area contributed by atoms with Crippen molar-refractivity contribution in [2.24, 2.45) is 0 Å². The standard InChI is InChI=1S/C22H31N3O3/c1-23(2)20(26)15-17-16-22(19-6-4-3-5-18(17)19)7-9-24(10-8-22)21(27)25-11-13-28-14-12-25/h3-6,17H,7-16H2,1-2H3. The predicted molar refractivity (Wildman–Crippen MR) is 107 cm³/mol. The number of urea groups is 1. The number of benzene rings is 1. The smallest absolute Gasteiger partial charge is 0.320 e. The summed E-state index contributed by atoms with van der Waals surface area (Å²) in [4.78, 5) is 30.8. The van der Waals surface area contributed by atoms with Crippen LogP contribution in [0.2, 0.25) is 0 Å². The first-order valence-corrected chi connectivity index (χ1v) is 10.4. The van der Waals surface area contributed by atoms with Crippen molar-refractivity contribution < 1.29 is 14.3 Å². The summed E-state index contributed by atoms with van der Waals surface area (Å²) in [6.07, 6.45) is 3.55. The molecule has 2 saturated heterocycles. The molecule has 1 spiro atoms. The van der Waals surface area contributed by atoms with Crippen molar-refractivity contribution in [1.29, 1.82) is 0 Å². The molecule has 1 atom stereocenters. The number of amides is 3. The van der Waals surface area contributed by atoms with E-state index in [1.165, 1.54) is 11.1 Å². The van der Waals surface area contributed by atoms with Crippen LogP contribution in [0.3, 0.4) is 0 Å². The lowest BCUT2D eigenvalue weighted by Gasteiger charge is -2.42. The minimum absolute atomic E-state index is 0.107. The Bertz CT molecular complexity index is 734. The van der Waals surface area contributed by atoms with Crippen LogP contribution in [0.5, 0.6) is 0 Å². The van der Waals surface area contributed by atoms with Crippen LogP contribution in [-0.4, -0.2) is 80.1 Å². The highest BCUT2D eigenvalue weighted by atomic mass is 16.5. The Hall–Kier alpha value is -2.08. The van der Waals surface area contributed by atoms with E-state index in [1.54, 1.807) is 4.90 Å². The molecular formula is C22H31N3O3. The number of fused-ring (bicyclic) bond motifs is 2. The van der Waals surface area contributed by atoms with Crippen LogP contribution in [0.25, 0.3) is 0 Å². The van der Waals surface area contributed by atoms with Crippen molar-refractivity contribution in [1.82, 2.24) is 14.7 Å². The van der Waals surface area contributed by atoms with Crippen LogP contribution >= 0.6 is 0 Å². The van der Waals surface area contributed by atoms with Gasteiger partial charge in [0.2, 0.25) is 5.91 Å². The van der Waals surface area contributed by atoms with Crippen molar-refractivity contribution in [2.45, 2.75) is 37.0 Å². The third-order valence-electron chi connectivity index (χ3n) is 6.80. The first-order valence-electron chi connectivity index (χ1n) is 10.4. The number of rotatable bonds is 2. The number of likely N-dealkylation sites (tertiary alicyclic amines) is 1. The molecule has 1 aromatic carbocycles. The molecule has 2 heterocycles. The zero-order valence-corrected chi connectivity index (χ0v) is 17.0. The monoisotopic (exact) mass is 385 g/mol. The maximum absolute atomic E-state index is 12.8. The van der Waals surface area contributed by atoms with Crippen molar-refractivity contribution in [3.8, 4) is 0 Å². The quantitative estimate of drug-likeness (QED) is 0.786. The Morgan fingerprint density at radius 3 is 2.39 bits per heavy atom. The van der Waals surface area contributed by atoms with Gasteiger partial charge in [0.1, 0.15) is 0 Å². The molecule has 0 aromatic heterocycles. The number of carbonyl (C=O) groups is 2. The molecule has 0 N–H and O–H groups in total. The first-order chi connectivity index (χ1) is 13.5. The van der Waals surface area contributed by atoms with Gasteiger partial charge in [0.05, 0.1) is 13.2 Å². The number of piperidine rings is 1. The summed E-state index contributed by atoms with van der Waals surface area (Å²) >= 11 is 0. The van der Waals surface area contributed by atoms with Crippen LogP contribution < -0.4 is 0 Å². The van der Waals surface area contributed by atoms with Gasteiger partial charge in [-0.2, -0.15) is 0 Å². The third-order valence-corrected chi connectivity index (χ3v) is 6.80. The molecule has 1 aromatic rings. The summed E-state index contributed by atoms with van der Waals surface area (Å²) in [5.74, 6) is 0.476. The highest BCUT2D eigenvalue weighted by molar-refractivity contribution is 5.77. The Balaban J connectivity index is 1.47. The summed E-state index contributed by atoms with van der Waals surface area (Å²) < 4.78 is 5.37. The minimum atomic E-state index is 0.107.